The Morgan fingerprint density at radius 3 is 2.07 bits per heavy atom. The van der Waals surface area contributed by atoms with Gasteiger partial charge in [-0.15, -0.1) is 23.5 Å². The molecule has 0 aromatic heterocycles. The zero-order valence-electron chi connectivity index (χ0n) is 25.6. The van der Waals surface area contributed by atoms with Crippen molar-refractivity contribution in [1.29, 1.82) is 0 Å². The van der Waals surface area contributed by atoms with Crippen LogP contribution in [-0.2, 0) is 23.0 Å². The molecule has 0 spiro atoms. The monoisotopic (exact) mass is 607 g/mol. The van der Waals surface area contributed by atoms with Gasteiger partial charge in [0.2, 0.25) is 0 Å². The van der Waals surface area contributed by atoms with Crippen molar-refractivity contribution in [2.75, 3.05) is 35.0 Å². The fourth-order valence-electron chi connectivity index (χ4n) is 4.49. The van der Waals surface area contributed by atoms with Gasteiger partial charge in [0, 0.05) is 52.8 Å². The quantitative estimate of drug-likeness (QED) is 0.0735. The van der Waals surface area contributed by atoms with Gasteiger partial charge >= 0.3 is 0 Å². The fourth-order valence-corrected chi connectivity index (χ4v) is 5.97. The number of ketones is 1. The average molecular weight is 608 g/mol. The van der Waals surface area contributed by atoms with Crippen molar-refractivity contribution in [2.24, 2.45) is 11.5 Å². The minimum Gasteiger partial charge on any atom is -0.398 e. The van der Waals surface area contributed by atoms with Crippen molar-refractivity contribution < 1.29 is 9.59 Å². The first kappa shape index (κ1) is 33.5. The molecule has 0 aliphatic heterocycles. The summed E-state index contributed by atoms with van der Waals surface area (Å²) in [7, 11) is 0. The number of nitrogen functional groups attached to an aromatic ring is 2. The van der Waals surface area contributed by atoms with Crippen LogP contribution in [0.5, 0.6) is 0 Å². The molecule has 0 fully saturated rings. The SMILES string of the molecule is CC(C)(C)c1cc(N)c(CSCN)c(CC(=O)c2cccc(C(=O)Nc3cc(C(C)(C)C)cc(N)c3SCCN)c2)c1. The van der Waals surface area contributed by atoms with Crippen molar-refractivity contribution in [1.82, 2.24) is 0 Å². The van der Waals surface area contributed by atoms with Crippen molar-refractivity contribution in [3.8, 4) is 0 Å². The summed E-state index contributed by atoms with van der Waals surface area (Å²) < 4.78 is 0. The van der Waals surface area contributed by atoms with E-state index in [0.717, 1.165) is 27.1 Å². The number of anilines is 3. The predicted octanol–water partition coefficient (Wildman–Crippen LogP) is 6.32. The summed E-state index contributed by atoms with van der Waals surface area (Å²) in [5.41, 5.74) is 30.7. The highest BCUT2D eigenvalue weighted by Crippen LogP contribution is 2.38. The Morgan fingerprint density at radius 1 is 0.833 bits per heavy atom. The molecule has 42 heavy (non-hydrogen) atoms. The van der Waals surface area contributed by atoms with Crippen LogP contribution in [0.1, 0.15) is 84.5 Å². The number of nitrogens with one attached hydrogen (secondary N) is 1. The molecule has 9 heteroatoms. The van der Waals surface area contributed by atoms with Gasteiger partial charge in [-0.05, 0) is 63.4 Å². The average Bonchev–Trinajstić information content (AvgIpc) is 2.91. The van der Waals surface area contributed by atoms with Gasteiger partial charge in [0.25, 0.3) is 5.91 Å². The number of rotatable bonds is 11. The molecule has 0 aliphatic carbocycles. The number of hydrogen-bond donors (Lipinski definition) is 5. The topological polar surface area (TPSA) is 150 Å². The van der Waals surface area contributed by atoms with Crippen LogP contribution in [0.3, 0.4) is 0 Å². The maximum Gasteiger partial charge on any atom is 0.255 e. The van der Waals surface area contributed by atoms with Gasteiger partial charge in [-0.1, -0.05) is 59.7 Å². The highest BCUT2D eigenvalue weighted by atomic mass is 32.2. The molecule has 226 valence electrons. The number of benzene rings is 3. The zero-order chi connectivity index (χ0) is 31.2. The normalized spacial score (nSPS) is 11.9. The molecular weight excluding hydrogens is 563 g/mol. The maximum atomic E-state index is 13.6. The Bertz CT molecular complexity index is 1340. The summed E-state index contributed by atoms with van der Waals surface area (Å²) in [6.07, 6.45) is 0.170. The summed E-state index contributed by atoms with van der Waals surface area (Å²) in [6, 6.07) is 14.8. The third-order valence-electron chi connectivity index (χ3n) is 7.00. The zero-order valence-corrected chi connectivity index (χ0v) is 27.2. The second-order valence-electron chi connectivity index (χ2n) is 12.4. The largest absolute Gasteiger partial charge is 0.398 e. The molecular formula is C33H45N5O2S2. The second kappa shape index (κ2) is 14.0. The smallest absolute Gasteiger partial charge is 0.255 e. The first-order valence-electron chi connectivity index (χ1n) is 14.1. The molecule has 0 saturated carbocycles. The summed E-state index contributed by atoms with van der Waals surface area (Å²) in [4.78, 5) is 27.9. The number of carbonyl (C=O) groups excluding carboxylic acids is 2. The predicted molar refractivity (Wildman–Crippen MR) is 182 cm³/mol. The molecule has 3 rings (SSSR count). The maximum absolute atomic E-state index is 13.6. The fraction of sp³-hybridized carbons (Fsp3) is 0.394. The number of Topliss-reactive ketones (excluding diaryl/α,β-unsaturated/α-hetero) is 1. The van der Waals surface area contributed by atoms with Crippen LogP contribution in [0.2, 0.25) is 0 Å². The van der Waals surface area contributed by atoms with Crippen LogP contribution in [0.4, 0.5) is 17.1 Å². The lowest BCUT2D eigenvalue weighted by atomic mass is 9.83. The third kappa shape index (κ3) is 8.53. The van der Waals surface area contributed by atoms with Crippen LogP contribution < -0.4 is 28.3 Å². The van der Waals surface area contributed by atoms with E-state index in [2.05, 4.69) is 52.9 Å². The van der Waals surface area contributed by atoms with Gasteiger partial charge in [-0.2, -0.15) is 0 Å². The second-order valence-corrected chi connectivity index (χ2v) is 14.6. The number of nitrogens with two attached hydrogens (primary N) is 4. The Kier molecular flexibility index (Phi) is 11.2. The Morgan fingerprint density at radius 2 is 1.45 bits per heavy atom. The summed E-state index contributed by atoms with van der Waals surface area (Å²) in [6.45, 7) is 13.1. The van der Waals surface area contributed by atoms with Crippen molar-refractivity contribution in [3.63, 3.8) is 0 Å². The molecule has 3 aromatic carbocycles. The first-order valence-corrected chi connectivity index (χ1v) is 16.2. The van der Waals surface area contributed by atoms with E-state index in [9.17, 15) is 9.59 Å². The molecule has 1 amide bonds. The number of thioether (sulfide) groups is 2. The van der Waals surface area contributed by atoms with E-state index in [4.69, 9.17) is 22.9 Å². The van der Waals surface area contributed by atoms with Gasteiger partial charge in [-0.25, -0.2) is 0 Å². The summed E-state index contributed by atoms with van der Waals surface area (Å²) >= 11 is 3.07. The molecule has 0 heterocycles. The molecule has 0 unspecified atom stereocenters. The molecule has 0 aliphatic rings. The van der Waals surface area contributed by atoms with Gasteiger partial charge in [0.1, 0.15) is 0 Å². The minimum absolute atomic E-state index is 0.0905. The third-order valence-corrected chi connectivity index (χ3v) is 8.91. The minimum atomic E-state index is -0.316. The Hall–Kier alpha value is -2.98. The van der Waals surface area contributed by atoms with Crippen molar-refractivity contribution >= 4 is 52.3 Å². The van der Waals surface area contributed by atoms with Gasteiger partial charge < -0.3 is 28.3 Å². The van der Waals surface area contributed by atoms with E-state index >= 15 is 0 Å². The highest BCUT2D eigenvalue weighted by Gasteiger charge is 2.22. The lowest BCUT2D eigenvalue weighted by molar-refractivity contribution is 0.0992. The van der Waals surface area contributed by atoms with Crippen LogP contribution in [0, 0.1) is 0 Å². The number of amides is 1. The Labute approximate surface area is 258 Å². The van der Waals surface area contributed by atoms with Gasteiger partial charge in [0.15, 0.2) is 5.78 Å². The first-order chi connectivity index (χ1) is 19.6. The molecule has 7 nitrogen and oxygen atoms in total. The lowest BCUT2D eigenvalue weighted by Crippen LogP contribution is -2.17. The molecule has 0 atom stereocenters. The molecule has 0 saturated heterocycles. The number of carbonyl (C=O) groups is 2. The molecule has 0 bridgehead atoms. The molecule has 9 N–H and O–H groups in total. The van der Waals surface area contributed by atoms with E-state index in [0.29, 0.717) is 52.1 Å². The summed E-state index contributed by atoms with van der Waals surface area (Å²) in [5.74, 6) is 1.34. The van der Waals surface area contributed by atoms with Crippen LogP contribution in [0.15, 0.2) is 53.4 Å². The van der Waals surface area contributed by atoms with E-state index < -0.39 is 0 Å². The van der Waals surface area contributed by atoms with Crippen molar-refractivity contribution in [3.05, 3.63) is 81.9 Å². The van der Waals surface area contributed by atoms with Crippen LogP contribution >= 0.6 is 23.5 Å². The van der Waals surface area contributed by atoms with E-state index in [-0.39, 0.29) is 28.9 Å². The molecule has 0 radical (unpaired) electrons. The summed E-state index contributed by atoms with van der Waals surface area (Å²) in [5, 5.41) is 3.05. The van der Waals surface area contributed by atoms with Crippen molar-refractivity contribution in [2.45, 2.75) is 69.4 Å². The highest BCUT2D eigenvalue weighted by molar-refractivity contribution is 7.99. The standard InChI is InChI=1S/C33H45N5O2S2/c1-32(2,3)23-13-22(25(18-41-19-35)26(36)15-23)14-29(39)20-8-7-9-21(12-20)31(40)38-28-17-24(33(4,5)6)16-27(37)30(28)42-11-10-34/h7-9,12-13,15-17H,10-11,14,18-19,34-37H2,1-6H3,(H,38,40). The van der Waals surface area contributed by atoms with Gasteiger partial charge in [-0.3, -0.25) is 9.59 Å². The van der Waals surface area contributed by atoms with Gasteiger partial charge in [0.05, 0.1) is 10.6 Å². The lowest BCUT2D eigenvalue weighted by Gasteiger charge is -2.23. The number of hydrogen-bond acceptors (Lipinski definition) is 8. The van der Waals surface area contributed by atoms with Crippen LogP contribution in [0.25, 0.3) is 0 Å². The van der Waals surface area contributed by atoms with E-state index in [1.54, 1.807) is 36.0 Å². The van der Waals surface area contributed by atoms with Crippen LogP contribution in [-0.4, -0.2) is 29.9 Å². The van der Waals surface area contributed by atoms with E-state index in [1.807, 2.05) is 18.2 Å². The molecule has 3 aromatic rings. The van der Waals surface area contributed by atoms with E-state index in [1.165, 1.54) is 11.8 Å². The Balaban J connectivity index is 1.93.